The van der Waals surface area contributed by atoms with E-state index >= 15 is 0 Å². The number of aromatic nitrogens is 4. The zero-order valence-corrected chi connectivity index (χ0v) is 16.6. The Labute approximate surface area is 170 Å². The van der Waals surface area contributed by atoms with Crippen molar-refractivity contribution in [1.82, 2.24) is 19.5 Å². The molecule has 0 saturated carbocycles. The topological polar surface area (TPSA) is 73.1 Å². The van der Waals surface area contributed by atoms with Crippen molar-refractivity contribution in [2.75, 3.05) is 24.6 Å². The van der Waals surface area contributed by atoms with Crippen LogP contribution in [0, 0.1) is 0 Å². The molecule has 1 aromatic carbocycles. The van der Waals surface area contributed by atoms with E-state index in [-0.39, 0.29) is 11.7 Å². The van der Waals surface area contributed by atoms with Crippen LogP contribution < -0.4 is 10.5 Å². The van der Waals surface area contributed by atoms with E-state index in [1.807, 2.05) is 6.07 Å². The Balaban J connectivity index is 1.46. The number of hydrogen-bond acceptors (Lipinski definition) is 6. The molecule has 7 heteroatoms. The molecule has 1 saturated heterocycles. The Bertz CT molecular complexity index is 991. The molecular formula is C22H25N5O2. The van der Waals surface area contributed by atoms with Crippen LogP contribution in [-0.2, 0) is 18.2 Å². The van der Waals surface area contributed by atoms with Crippen LogP contribution in [0.4, 0.5) is 5.95 Å². The maximum atomic E-state index is 12.5. The number of benzene rings is 1. The first kappa shape index (κ1) is 19.3. The lowest BCUT2D eigenvalue weighted by atomic mass is 10.1. The molecule has 3 heterocycles. The highest BCUT2D eigenvalue weighted by atomic mass is 16.5. The van der Waals surface area contributed by atoms with Gasteiger partial charge in [0.2, 0.25) is 5.95 Å². The van der Waals surface area contributed by atoms with Crippen molar-refractivity contribution in [2.24, 2.45) is 7.05 Å². The summed E-state index contributed by atoms with van der Waals surface area (Å²) in [5.41, 5.74) is 2.46. The maximum Gasteiger partial charge on any atom is 0.255 e. The molecule has 0 amide bonds. The predicted octanol–water partition coefficient (Wildman–Crippen LogP) is 2.47. The van der Waals surface area contributed by atoms with E-state index in [9.17, 15) is 4.79 Å². The Morgan fingerprint density at radius 2 is 2.03 bits per heavy atom. The van der Waals surface area contributed by atoms with Crippen molar-refractivity contribution in [2.45, 2.75) is 25.4 Å². The Kier molecular flexibility index (Phi) is 5.95. The Hall–Kier alpha value is -3.06. The van der Waals surface area contributed by atoms with E-state index in [0.717, 1.165) is 25.8 Å². The molecule has 1 atom stereocenters. The number of rotatable bonds is 6. The molecule has 1 unspecified atom stereocenters. The Morgan fingerprint density at radius 3 is 2.83 bits per heavy atom. The second-order valence-corrected chi connectivity index (χ2v) is 7.25. The van der Waals surface area contributed by atoms with Gasteiger partial charge >= 0.3 is 0 Å². The molecule has 1 aliphatic heterocycles. The zero-order valence-electron chi connectivity index (χ0n) is 16.6. The fraction of sp³-hybridized carbons (Fsp3) is 0.364. The molecule has 0 radical (unpaired) electrons. The summed E-state index contributed by atoms with van der Waals surface area (Å²) in [6, 6.07) is 13.8. The van der Waals surface area contributed by atoms with Crippen LogP contribution in [-0.4, -0.2) is 45.3 Å². The van der Waals surface area contributed by atoms with Crippen molar-refractivity contribution in [3.63, 3.8) is 0 Å². The lowest BCUT2D eigenvalue weighted by Gasteiger charge is -2.34. The summed E-state index contributed by atoms with van der Waals surface area (Å²) in [4.78, 5) is 27.5. The molecule has 4 rings (SSSR count). The van der Waals surface area contributed by atoms with E-state index in [4.69, 9.17) is 9.72 Å². The van der Waals surface area contributed by atoms with Gasteiger partial charge in [-0.3, -0.25) is 9.36 Å². The normalized spacial score (nSPS) is 16.7. The first-order valence-corrected chi connectivity index (χ1v) is 9.95. The number of aryl methyl sites for hydroxylation is 1. The molecule has 2 aromatic heterocycles. The van der Waals surface area contributed by atoms with Crippen LogP contribution in [0.15, 0.2) is 59.8 Å². The van der Waals surface area contributed by atoms with Gasteiger partial charge in [0.25, 0.3) is 5.56 Å². The number of nitrogens with zero attached hydrogens (tertiary/aromatic N) is 5. The Morgan fingerprint density at radius 1 is 1.17 bits per heavy atom. The van der Waals surface area contributed by atoms with Crippen LogP contribution in [0.25, 0.3) is 11.4 Å². The third-order valence-corrected chi connectivity index (χ3v) is 5.21. The first-order chi connectivity index (χ1) is 14.2. The summed E-state index contributed by atoms with van der Waals surface area (Å²) in [5, 5.41) is 0. The SMILES string of the molecule is Cn1c(N2CCOC(CCCc3ccccc3)C2)nc(-c2ccncn2)cc1=O. The average Bonchev–Trinajstić information content (AvgIpc) is 2.77. The van der Waals surface area contributed by atoms with Crippen molar-refractivity contribution in [1.29, 1.82) is 0 Å². The number of hydrogen-bond donors (Lipinski definition) is 0. The summed E-state index contributed by atoms with van der Waals surface area (Å²) in [7, 11) is 1.76. The number of morpholine rings is 1. The summed E-state index contributed by atoms with van der Waals surface area (Å²) >= 11 is 0. The highest BCUT2D eigenvalue weighted by Gasteiger charge is 2.24. The van der Waals surface area contributed by atoms with E-state index in [1.54, 1.807) is 23.9 Å². The molecule has 150 valence electrons. The van der Waals surface area contributed by atoms with Crippen LogP contribution in [0.3, 0.4) is 0 Å². The largest absolute Gasteiger partial charge is 0.375 e. The number of ether oxygens (including phenoxy) is 1. The minimum absolute atomic E-state index is 0.101. The second kappa shape index (κ2) is 8.96. The summed E-state index contributed by atoms with van der Waals surface area (Å²) in [6.45, 7) is 2.06. The average molecular weight is 391 g/mol. The quantitative estimate of drug-likeness (QED) is 0.643. The van der Waals surface area contributed by atoms with Gasteiger partial charge in [0, 0.05) is 32.4 Å². The van der Waals surface area contributed by atoms with Crippen LogP contribution in [0.2, 0.25) is 0 Å². The molecular weight excluding hydrogens is 366 g/mol. The lowest BCUT2D eigenvalue weighted by Crippen LogP contribution is -2.45. The van der Waals surface area contributed by atoms with Gasteiger partial charge in [0.15, 0.2) is 0 Å². The maximum absolute atomic E-state index is 12.5. The monoisotopic (exact) mass is 391 g/mol. The molecule has 1 aliphatic rings. The smallest absolute Gasteiger partial charge is 0.255 e. The zero-order chi connectivity index (χ0) is 20.1. The fourth-order valence-electron chi connectivity index (χ4n) is 3.64. The molecule has 7 nitrogen and oxygen atoms in total. The van der Waals surface area contributed by atoms with Gasteiger partial charge in [-0.2, -0.15) is 0 Å². The molecule has 0 aliphatic carbocycles. The van der Waals surface area contributed by atoms with Crippen LogP contribution in [0.1, 0.15) is 18.4 Å². The molecule has 0 spiro atoms. The van der Waals surface area contributed by atoms with E-state index in [2.05, 4.69) is 39.1 Å². The van der Waals surface area contributed by atoms with E-state index in [1.165, 1.54) is 18.0 Å². The molecule has 1 fully saturated rings. The molecule has 3 aromatic rings. The minimum Gasteiger partial charge on any atom is -0.375 e. The summed E-state index contributed by atoms with van der Waals surface area (Å²) in [6.07, 6.45) is 6.33. The minimum atomic E-state index is -0.101. The van der Waals surface area contributed by atoms with Crippen molar-refractivity contribution >= 4 is 5.95 Å². The fourth-order valence-corrected chi connectivity index (χ4v) is 3.64. The van der Waals surface area contributed by atoms with Crippen molar-refractivity contribution in [3.8, 4) is 11.4 Å². The third-order valence-electron chi connectivity index (χ3n) is 5.21. The van der Waals surface area contributed by atoms with Gasteiger partial charge in [-0.25, -0.2) is 15.0 Å². The van der Waals surface area contributed by atoms with Gasteiger partial charge in [-0.1, -0.05) is 30.3 Å². The molecule has 0 bridgehead atoms. The first-order valence-electron chi connectivity index (χ1n) is 9.95. The van der Waals surface area contributed by atoms with Crippen LogP contribution >= 0.6 is 0 Å². The van der Waals surface area contributed by atoms with E-state index in [0.29, 0.717) is 30.5 Å². The lowest BCUT2D eigenvalue weighted by molar-refractivity contribution is 0.0333. The molecule has 29 heavy (non-hydrogen) atoms. The van der Waals surface area contributed by atoms with Gasteiger partial charge in [-0.15, -0.1) is 0 Å². The van der Waals surface area contributed by atoms with Crippen LogP contribution in [0.5, 0.6) is 0 Å². The highest BCUT2D eigenvalue weighted by Crippen LogP contribution is 2.20. The number of anilines is 1. The van der Waals surface area contributed by atoms with E-state index < -0.39 is 0 Å². The van der Waals surface area contributed by atoms with Crippen molar-refractivity contribution in [3.05, 3.63) is 70.9 Å². The third kappa shape index (κ3) is 4.68. The van der Waals surface area contributed by atoms with Gasteiger partial charge < -0.3 is 9.64 Å². The highest BCUT2D eigenvalue weighted by molar-refractivity contribution is 5.55. The predicted molar refractivity (Wildman–Crippen MR) is 112 cm³/mol. The van der Waals surface area contributed by atoms with Gasteiger partial charge in [0.05, 0.1) is 24.1 Å². The standard InChI is InChI=1S/C22H25N5O2/c1-26-21(28)14-20(19-10-11-23-16-24-19)25-22(26)27-12-13-29-18(15-27)9-5-8-17-6-3-2-4-7-17/h2-4,6-7,10-11,14,16,18H,5,8-9,12-13,15H2,1H3. The van der Waals surface area contributed by atoms with Gasteiger partial charge in [-0.05, 0) is 30.9 Å². The summed E-state index contributed by atoms with van der Waals surface area (Å²) < 4.78 is 7.57. The molecule has 0 N–H and O–H groups in total. The summed E-state index contributed by atoms with van der Waals surface area (Å²) in [5.74, 6) is 0.655. The second-order valence-electron chi connectivity index (χ2n) is 7.25. The van der Waals surface area contributed by atoms with Gasteiger partial charge in [0.1, 0.15) is 6.33 Å². The van der Waals surface area contributed by atoms with Crippen molar-refractivity contribution < 1.29 is 4.74 Å².